The number of rotatable bonds is 5. The molecular formula is C21H28F5N3O4. The highest BCUT2D eigenvalue weighted by Crippen LogP contribution is 2.30. The van der Waals surface area contributed by atoms with E-state index in [2.05, 4.69) is 10.3 Å². The summed E-state index contributed by atoms with van der Waals surface area (Å²) in [6, 6.07) is 2.77. The molecule has 1 aromatic rings. The van der Waals surface area contributed by atoms with E-state index in [4.69, 9.17) is 9.47 Å². The minimum Gasteiger partial charge on any atom is -0.488 e. The van der Waals surface area contributed by atoms with E-state index in [0.29, 0.717) is 12.8 Å². The van der Waals surface area contributed by atoms with Crippen molar-refractivity contribution in [3.8, 4) is 5.75 Å². The van der Waals surface area contributed by atoms with Crippen LogP contribution in [0.1, 0.15) is 64.3 Å². The lowest BCUT2D eigenvalue weighted by molar-refractivity contribution is -0.185. The van der Waals surface area contributed by atoms with Crippen molar-refractivity contribution in [3.63, 3.8) is 0 Å². The van der Waals surface area contributed by atoms with E-state index in [1.807, 2.05) is 0 Å². The van der Waals surface area contributed by atoms with E-state index < -0.39 is 42.0 Å². The van der Waals surface area contributed by atoms with Gasteiger partial charge in [-0.1, -0.05) is 0 Å². The van der Waals surface area contributed by atoms with Gasteiger partial charge in [-0.05, 0) is 58.6 Å². The van der Waals surface area contributed by atoms with Crippen molar-refractivity contribution in [2.45, 2.75) is 77.3 Å². The average Bonchev–Trinajstić information content (AvgIpc) is 2.66. The smallest absolute Gasteiger partial charge is 0.471 e. The van der Waals surface area contributed by atoms with Crippen molar-refractivity contribution in [1.29, 1.82) is 0 Å². The summed E-state index contributed by atoms with van der Waals surface area (Å²) in [5, 5.41) is 2.44. The number of hydrogen-bond acceptors (Lipinski definition) is 5. The lowest BCUT2D eigenvalue weighted by Gasteiger charge is -2.29. The number of carbonyl (C=O) groups excluding carboxylic acids is 2. The fourth-order valence-corrected chi connectivity index (χ4v) is 3.29. The summed E-state index contributed by atoms with van der Waals surface area (Å²) < 4.78 is 75.8. The van der Waals surface area contributed by atoms with E-state index in [1.54, 1.807) is 20.8 Å². The molecule has 2 amide bonds. The first-order valence-corrected chi connectivity index (χ1v) is 10.5. The Balaban J connectivity index is 1.98. The van der Waals surface area contributed by atoms with Gasteiger partial charge in [-0.15, -0.1) is 0 Å². The Labute approximate surface area is 188 Å². The van der Waals surface area contributed by atoms with Crippen LogP contribution in [0, 0.1) is 0 Å². The first-order chi connectivity index (χ1) is 15.3. The Hall–Kier alpha value is -2.66. The maximum atomic E-state index is 13.6. The highest BCUT2D eigenvalue weighted by Gasteiger charge is 2.42. The number of aromatic nitrogens is 1. The predicted molar refractivity (Wildman–Crippen MR) is 108 cm³/mol. The molecule has 0 unspecified atom stereocenters. The number of halogens is 5. The fourth-order valence-electron chi connectivity index (χ4n) is 3.29. The van der Waals surface area contributed by atoms with E-state index >= 15 is 0 Å². The highest BCUT2D eigenvalue weighted by atomic mass is 19.4. The van der Waals surface area contributed by atoms with Crippen molar-refractivity contribution in [2.24, 2.45) is 0 Å². The van der Waals surface area contributed by atoms with Gasteiger partial charge in [-0.3, -0.25) is 4.79 Å². The lowest BCUT2D eigenvalue weighted by atomic mass is 10.0. The van der Waals surface area contributed by atoms with Crippen LogP contribution in [0.15, 0.2) is 12.1 Å². The molecule has 0 aromatic carbocycles. The van der Waals surface area contributed by atoms with Gasteiger partial charge in [0.15, 0.2) is 0 Å². The summed E-state index contributed by atoms with van der Waals surface area (Å²) in [7, 11) is 0. The van der Waals surface area contributed by atoms with Gasteiger partial charge in [0.25, 0.3) is 6.43 Å². The zero-order valence-corrected chi connectivity index (χ0v) is 18.7. The maximum Gasteiger partial charge on any atom is 0.471 e. The Morgan fingerprint density at radius 2 is 1.76 bits per heavy atom. The van der Waals surface area contributed by atoms with Crippen LogP contribution >= 0.6 is 0 Å². The molecule has 1 fully saturated rings. The van der Waals surface area contributed by atoms with Crippen LogP contribution in [-0.2, 0) is 16.1 Å². The van der Waals surface area contributed by atoms with Crippen molar-refractivity contribution in [2.75, 3.05) is 13.1 Å². The number of alkyl halides is 5. The van der Waals surface area contributed by atoms with E-state index in [0.717, 1.165) is 4.90 Å². The van der Waals surface area contributed by atoms with E-state index in [1.165, 1.54) is 12.1 Å². The molecular weight excluding hydrogens is 453 g/mol. The van der Waals surface area contributed by atoms with Crippen LogP contribution in [-0.4, -0.2) is 52.9 Å². The van der Waals surface area contributed by atoms with Gasteiger partial charge in [0.05, 0.1) is 18.3 Å². The quantitative estimate of drug-likeness (QED) is 0.614. The number of nitrogens with one attached hydrogen (secondary N) is 1. The number of pyridine rings is 1. The van der Waals surface area contributed by atoms with Crippen LogP contribution in [0.25, 0.3) is 0 Å². The molecule has 0 atom stereocenters. The number of carbonyl (C=O) groups is 2. The SMILES string of the molecule is CC(C)(C)OC(=O)NCc1ccc(OC2CCCN(C(=O)C(F)(F)F)CCC2)c(C(F)F)n1. The molecule has 1 N–H and O–H groups in total. The standard InChI is InChI=1S/C21H28F5N3O4/c1-20(2,3)33-19(31)27-12-13-8-9-15(16(28-13)17(22)23)32-14-6-4-10-29(11-5-7-14)18(30)21(24,25)26/h8-9,14,17H,4-7,10-12H2,1-3H3,(H,27,31). The Morgan fingerprint density at radius 1 is 1.15 bits per heavy atom. The summed E-state index contributed by atoms with van der Waals surface area (Å²) in [6.07, 6.45) is -8.00. The second kappa shape index (κ2) is 11.0. The van der Waals surface area contributed by atoms with Gasteiger partial charge in [-0.2, -0.15) is 13.2 Å². The first-order valence-electron chi connectivity index (χ1n) is 10.5. The lowest BCUT2D eigenvalue weighted by Crippen LogP contribution is -2.43. The summed E-state index contributed by atoms with van der Waals surface area (Å²) in [6.45, 7) is 4.76. The topological polar surface area (TPSA) is 80.8 Å². The van der Waals surface area contributed by atoms with Crippen LogP contribution < -0.4 is 10.1 Å². The molecule has 0 radical (unpaired) electrons. The molecule has 7 nitrogen and oxygen atoms in total. The molecule has 0 spiro atoms. The minimum absolute atomic E-state index is 0.0899. The number of likely N-dealkylation sites (tertiary alicyclic amines) is 1. The minimum atomic E-state index is -4.92. The second-order valence-corrected chi connectivity index (χ2v) is 8.66. The fraction of sp³-hybridized carbons (Fsp3) is 0.667. The Kier molecular flexibility index (Phi) is 8.84. The third kappa shape index (κ3) is 8.65. The number of ether oxygens (including phenoxy) is 2. The molecule has 0 bridgehead atoms. The molecule has 2 heterocycles. The van der Waals surface area contributed by atoms with Crippen molar-refractivity contribution < 1.29 is 41.0 Å². The van der Waals surface area contributed by atoms with Crippen LogP contribution in [0.3, 0.4) is 0 Å². The summed E-state index contributed by atoms with van der Waals surface area (Å²) >= 11 is 0. The second-order valence-electron chi connectivity index (χ2n) is 8.66. The maximum absolute atomic E-state index is 13.6. The summed E-state index contributed by atoms with van der Waals surface area (Å²) in [5.41, 5.74) is -1.12. The molecule has 186 valence electrons. The first kappa shape index (κ1) is 26.6. The molecule has 1 aliphatic rings. The molecule has 33 heavy (non-hydrogen) atoms. The van der Waals surface area contributed by atoms with Crippen LogP contribution in [0.5, 0.6) is 5.75 Å². The zero-order chi connectivity index (χ0) is 24.8. The molecule has 0 saturated carbocycles. The van der Waals surface area contributed by atoms with Gasteiger partial charge in [-0.25, -0.2) is 18.6 Å². The highest BCUT2D eigenvalue weighted by molar-refractivity contribution is 5.81. The summed E-state index contributed by atoms with van der Waals surface area (Å²) in [4.78, 5) is 27.8. The largest absolute Gasteiger partial charge is 0.488 e. The number of hydrogen-bond donors (Lipinski definition) is 1. The Bertz CT molecular complexity index is 817. The van der Waals surface area contributed by atoms with Gasteiger partial charge >= 0.3 is 18.2 Å². The van der Waals surface area contributed by atoms with Gasteiger partial charge in [0.1, 0.15) is 17.0 Å². The Morgan fingerprint density at radius 3 is 2.27 bits per heavy atom. The normalized spacial score (nSPS) is 16.2. The number of amides is 2. The van der Waals surface area contributed by atoms with Crippen molar-refractivity contribution >= 4 is 12.0 Å². The molecule has 1 aromatic heterocycles. The molecule has 1 aliphatic heterocycles. The van der Waals surface area contributed by atoms with Crippen LogP contribution in [0.2, 0.25) is 0 Å². The number of alkyl carbamates (subject to hydrolysis) is 1. The monoisotopic (exact) mass is 481 g/mol. The molecule has 12 heteroatoms. The van der Waals surface area contributed by atoms with Gasteiger partial charge in [0, 0.05) is 13.1 Å². The van der Waals surface area contributed by atoms with Gasteiger partial charge in [0.2, 0.25) is 0 Å². The van der Waals surface area contributed by atoms with E-state index in [-0.39, 0.29) is 43.9 Å². The van der Waals surface area contributed by atoms with E-state index in [9.17, 15) is 31.5 Å². The third-order valence-electron chi connectivity index (χ3n) is 4.69. The zero-order valence-electron chi connectivity index (χ0n) is 18.7. The number of nitrogens with zero attached hydrogens (tertiary/aromatic N) is 2. The van der Waals surface area contributed by atoms with Crippen molar-refractivity contribution in [1.82, 2.24) is 15.2 Å². The van der Waals surface area contributed by atoms with Crippen molar-refractivity contribution in [3.05, 3.63) is 23.5 Å². The van der Waals surface area contributed by atoms with Crippen LogP contribution in [0.4, 0.5) is 26.7 Å². The summed E-state index contributed by atoms with van der Waals surface area (Å²) in [5.74, 6) is -2.00. The predicted octanol–water partition coefficient (Wildman–Crippen LogP) is 4.76. The molecule has 1 saturated heterocycles. The molecule has 2 rings (SSSR count). The van der Waals surface area contributed by atoms with Gasteiger partial charge < -0.3 is 19.7 Å². The molecule has 0 aliphatic carbocycles. The average molecular weight is 481 g/mol. The third-order valence-corrected chi connectivity index (χ3v) is 4.69.